The van der Waals surface area contributed by atoms with Crippen molar-refractivity contribution in [2.75, 3.05) is 6.61 Å². The van der Waals surface area contributed by atoms with E-state index in [-0.39, 0.29) is 12.4 Å². The van der Waals surface area contributed by atoms with Crippen LogP contribution >= 0.6 is 0 Å². The SMILES string of the molecule is CCOc1ccc2ccccc2c1CNCc1cccnc1.[Cl-]. The van der Waals surface area contributed by atoms with Gasteiger partial charge in [-0.05, 0) is 35.4 Å². The number of rotatable bonds is 6. The molecule has 0 atom stereocenters. The van der Waals surface area contributed by atoms with Crippen LogP contribution in [0.2, 0.25) is 0 Å². The molecule has 0 spiro atoms. The minimum atomic E-state index is 0. The first-order valence-electron chi connectivity index (χ1n) is 7.61. The molecule has 3 aromatic rings. The van der Waals surface area contributed by atoms with Crippen molar-refractivity contribution < 1.29 is 17.1 Å². The summed E-state index contributed by atoms with van der Waals surface area (Å²) >= 11 is 0. The van der Waals surface area contributed by atoms with Gasteiger partial charge in [-0.2, -0.15) is 0 Å². The van der Waals surface area contributed by atoms with Crippen LogP contribution < -0.4 is 22.5 Å². The minimum Gasteiger partial charge on any atom is -1.00 e. The number of aromatic nitrogens is 1. The average Bonchev–Trinajstić information content (AvgIpc) is 2.57. The van der Waals surface area contributed by atoms with E-state index in [0.29, 0.717) is 6.61 Å². The van der Waals surface area contributed by atoms with Crippen molar-refractivity contribution in [3.8, 4) is 5.75 Å². The predicted octanol–water partition coefficient (Wildman–Crippen LogP) is 0.927. The second-order valence-corrected chi connectivity index (χ2v) is 5.16. The smallest absolute Gasteiger partial charge is 0.124 e. The molecule has 0 saturated heterocycles. The molecule has 0 bridgehead atoms. The molecule has 0 aliphatic carbocycles. The third-order valence-corrected chi connectivity index (χ3v) is 3.65. The van der Waals surface area contributed by atoms with Crippen molar-refractivity contribution in [3.05, 3.63) is 72.1 Å². The molecule has 0 unspecified atom stereocenters. The Balaban J connectivity index is 0.00000192. The van der Waals surface area contributed by atoms with Gasteiger partial charge in [-0.15, -0.1) is 0 Å². The zero-order valence-electron chi connectivity index (χ0n) is 13.1. The number of hydrogen-bond acceptors (Lipinski definition) is 3. The van der Waals surface area contributed by atoms with E-state index in [9.17, 15) is 0 Å². The lowest BCUT2D eigenvalue weighted by Crippen LogP contribution is -3.00. The van der Waals surface area contributed by atoms with Gasteiger partial charge >= 0.3 is 0 Å². The molecule has 120 valence electrons. The molecule has 0 saturated carbocycles. The van der Waals surface area contributed by atoms with E-state index < -0.39 is 0 Å². The van der Waals surface area contributed by atoms with Gasteiger partial charge in [0.05, 0.1) is 6.61 Å². The van der Waals surface area contributed by atoms with Crippen LogP contribution in [0.5, 0.6) is 5.75 Å². The van der Waals surface area contributed by atoms with E-state index >= 15 is 0 Å². The number of nitrogens with one attached hydrogen (secondary N) is 1. The number of fused-ring (bicyclic) bond motifs is 1. The lowest BCUT2D eigenvalue weighted by atomic mass is 10.0. The maximum Gasteiger partial charge on any atom is 0.124 e. The molecule has 2 aromatic carbocycles. The molecule has 0 aliphatic rings. The molecule has 0 radical (unpaired) electrons. The second kappa shape index (κ2) is 8.51. The Labute approximate surface area is 143 Å². The summed E-state index contributed by atoms with van der Waals surface area (Å²) < 4.78 is 5.80. The second-order valence-electron chi connectivity index (χ2n) is 5.16. The number of pyridine rings is 1. The highest BCUT2D eigenvalue weighted by molar-refractivity contribution is 5.87. The molecule has 1 aromatic heterocycles. The van der Waals surface area contributed by atoms with E-state index in [4.69, 9.17) is 4.74 Å². The quantitative estimate of drug-likeness (QED) is 0.731. The van der Waals surface area contributed by atoms with Crippen molar-refractivity contribution in [1.29, 1.82) is 0 Å². The Bertz CT molecular complexity index is 747. The van der Waals surface area contributed by atoms with E-state index in [1.807, 2.05) is 19.2 Å². The summed E-state index contributed by atoms with van der Waals surface area (Å²) in [5.74, 6) is 0.958. The van der Waals surface area contributed by atoms with E-state index in [0.717, 1.165) is 18.8 Å². The van der Waals surface area contributed by atoms with Crippen LogP contribution in [0.3, 0.4) is 0 Å². The number of ether oxygens (including phenoxy) is 1. The Morgan fingerprint density at radius 3 is 2.65 bits per heavy atom. The molecule has 3 nitrogen and oxygen atoms in total. The highest BCUT2D eigenvalue weighted by Gasteiger charge is 2.08. The Kier molecular flexibility index (Phi) is 6.39. The van der Waals surface area contributed by atoms with Gasteiger partial charge in [-0.3, -0.25) is 4.98 Å². The molecule has 1 heterocycles. The predicted molar refractivity (Wildman–Crippen MR) is 89.9 cm³/mol. The first-order valence-corrected chi connectivity index (χ1v) is 7.61. The summed E-state index contributed by atoms with van der Waals surface area (Å²) in [6, 6.07) is 16.6. The zero-order valence-corrected chi connectivity index (χ0v) is 13.9. The fraction of sp³-hybridized carbons (Fsp3) is 0.211. The van der Waals surface area contributed by atoms with Crippen LogP contribution in [0.1, 0.15) is 18.1 Å². The van der Waals surface area contributed by atoms with Crippen molar-refractivity contribution in [2.45, 2.75) is 20.0 Å². The van der Waals surface area contributed by atoms with Crippen LogP contribution in [0.4, 0.5) is 0 Å². The monoisotopic (exact) mass is 327 g/mol. The number of nitrogens with zero attached hydrogens (tertiary/aromatic N) is 1. The van der Waals surface area contributed by atoms with Gasteiger partial charge in [0, 0.05) is 31.0 Å². The van der Waals surface area contributed by atoms with Gasteiger partial charge in [0.25, 0.3) is 0 Å². The zero-order chi connectivity index (χ0) is 15.2. The van der Waals surface area contributed by atoms with Gasteiger partial charge in [-0.25, -0.2) is 0 Å². The Hall–Kier alpha value is -2.10. The maximum atomic E-state index is 5.80. The lowest BCUT2D eigenvalue weighted by Gasteiger charge is -2.14. The Morgan fingerprint density at radius 1 is 1.00 bits per heavy atom. The van der Waals surface area contributed by atoms with Crippen molar-refractivity contribution in [3.63, 3.8) is 0 Å². The van der Waals surface area contributed by atoms with Crippen molar-refractivity contribution in [1.82, 2.24) is 10.3 Å². The molecule has 4 heteroatoms. The topological polar surface area (TPSA) is 34.1 Å². The molecular formula is C19H20ClN2O-. The van der Waals surface area contributed by atoms with Gasteiger partial charge in [0.1, 0.15) is 5.75 Å². The normalized spacial score (nSPS) is 10.3. The number of hydrogen-bond donors (Lipinski definition) is 1. The van der Waals surface area contributed by atoms with Gasteiger partial charge < -0.3 is 22.5 Å². The molecular weight excluding hydrogens is 308 g/mol. The summed E-state index contributed by atoms with van der Waals surface area (Å²) in [4.78, 5) is 4.14. The fourth-order valence-corrected chi connectivity index (χ4v) is 2.62. The van der Waals surface area contributed by atoms with Gasteiger partial charge in [0.15, 0.2) is 0 Å². The minimum absolute atomic E-state index is 0. The van der Waals surface area contributed by atoms with Crippen molar-refractivity contribution >= 4 is 10.8 Å². The third-order valence-electron chi connectivity index (χ3n) is 3.65. The van der Waals surface area contributed by atoms with Gasteiger partial charge in [-0.1, -0.05) is 36.4 Å². The first-order chi connectivity index (χ1) is 10.9. The van der Waals surface area contributed by atoms with E-state index in [1.165, 1.54) is 21.9 Å². The van der Waals surface area contributed by atoms with Crippen LogP contribution in [0.25, 0.3) is 10.8 Å². The number of halogens is 1. The molecule has 3 rings (SSSR count). The summed E-state index contributed by atoms with van der Waals surface area (Å²) in [6.45, 7) is 4.25. The summed E-state index contributed by atoms with van der Waals surface area (Å²) in [5.41, 5.74) is 2.39. The molecule has 0 aliphatic heterocycles. The average molecular weight is 328 g/mol. The van der Waals surface area contributed by atoms with Crippen LogP contribution in [-0.2, 0) is 13.1 Å². The summed E-state index contributed by atoms with van der Waals surface area (Å²) in [7, 11) is 0. The third kappa shape index (κ3) is 4.21. The summed E-state index contributed by atoms with van der Waals surface area (Å²) in [6.07, 6.45) is 3.68. The number of benzene rings is 2. The van der Waals surface area contributed by atoms with E-state index in [2.05, 4.69) is 52.8 Å². The fourth-order valence-electron chi connectivity index (χ4n) is 2.62. The standard InChI is InChI=1S/C19H20N2O.ClH/c1-2-22-19-10-9-16-7-3-4-8-17(16)18(19)14-21-13-15-6-5-11-20-12-15;/h3-12,21H,2,13-14H2,1H3;1H/p-1. The van der Waals surface area contributed by atoms with Crippen molar-refractivity contribution in [2.24, 2.45) is 0 Å². The van der Waals surface area contributed by atoms with E-state index in [1.54, 1.807) is 6.20 Å². The lowest BCUT2D eigenvalue weighted by molar-refractivity contribution is -0.00000500. The Morgan fingerprint density at radius 2 is 1.87 bits per heavy atom. The van der Waals surface area contributed by atoms with Crippen LogP contribution in [0, 0.1) is 0 Å². The highest BCUT2D eigenvalue weighted by Crippen LogP contribution is 2.28. The maximum absolute atomic E-state index is 5.80. The van der Waals surface area contributed by atoms with Crippen LogP contribution in [0.15, 0.2) is 60.9 Å². The molecule has 23 heavy (non-hydrogen) atoms. The van der Waals surface area contributed by atoms with Crippen LogP contribution in [-0.4, -0.2) is 11.6 Å². The van der Waals surface area contributed by atoms with Gasteiger partial charge in [0.2, 0.25) is 0 Å². The molecule has 0 fully saturated rings. The molecule has 0 amide bonds. The largest absolute Gasteiger partial charge is 1.00 e. The highest BCUT2D eigenvalue weighted by atomic mass is 35.5. The first kappa shape index (κ1) is 17.3. The molecule has 1 N–H and O–H groups in total. The summed E-state index contributed by atoms with van der Waals surface area (Å²) in [5, 5.41) is 5.97.